The summed E-state index contributed by atoms with van der Waals surface area (Å²) >= 11 is 3.09. The SMILES string of the molecule is Cn1ccc(CNS(=O)(=O)c2ccc(C(=O)O)cc2Br)c1. The van der Waals surface area contributed by atoms with E-state index in [1.807, 2.05) is 30.1 Å². The van der Waals surface area contributed by atoms with Crippen LogP contribution in [0.3, 0.4) is 0 Å². The predicted octanol–water partition coefficient (Wildman–Crippen LogP) is 1.96. The molecule has 112 valence electrons. The minimum absolute atomic E-state index is 0.00318. The third kappa shape index (κ3) is 3.72. The van der Waals surface area contributed by atoms with E-state index < -0.39 is 16.0 Å². The van der Waals surface area contributed by atoms with E-state index in [2.05, 4.69) is 20.7 Å². The Kier molecular flexibility index (Phi) is 4.50. The lowest BCUT2D eigenvalue weighted by Gasteiger charge is -2.08. The predicted molar refractivity (Wildman–Crippen MR) is 80.5 cm³/mol. The van der Waals surface area contributed by atoms with Gasteiger partial charge < -0.3 is 9.67 Å². The highest BCUT2D eigenvalue weighted by Gasteiger charge is 2.18. The van der Waals surface area contributed by atoms with Crippen molar-refractivity contribution in [3.8, 4) is 0 Å². The summed E-state index contributed by atoms with van der Waals surface area (Å²) in [7, 11) is -1.87. The molecule has 0 aliphatic heterocycles. The summed E-state index contributed by atoms with van der Waals surface area (Å²) < 4.78 is 28.9. The van der Waals surface area contributed by atoms with E-state index in [0.717, 1.165) is 5.56 Å². The van der Waals surface area contributed by atoms with Gasteiger partial charge in [-0.2, -0.15) is 0 Å². The molecule has 1 aromatic heterocycles. The number of nitrogens with one attached hydrogen (secondary N) is 1. The summed E-state index contributed by atoms with van der Waals surface area (Å²) in [5.74, 6) is -1.11. The number of benzene rings is 1. The summed E-state index contributed by atoms with van der Waals surface area (Å²) in [5, 5.41) is 8.87. The van der Waals surface area contributed by atoms with E-state index >= 15 is 0 Å². The highest BCUT2D eigenvalue weighted by Crippen LogP contribution is 2.23. The number of hydrogen-bond donors (Lipinski definition) is 2. The lowest BCUT2D eigenvalue weighted by Crippen LogP contribution is -2.23. The second-order valence-electron chi connectivity index (χ2n) is 4.46. The van der Waals surface area contributed by atoms with Crippen molar-refractivity contribution in [3.63, 3.8) is 0 Å². The monoisotopic (exact) mass is 372 g/mol. The molecule has 0 aliphatic rings. The van der Waals surface area contributed by atoms with Crippen molar-refractivity contribution in [2.24, 2.45) is 7.05 Å². The molecule has 2 rings (SSSR count). The van der Waals surface area contributed by atoms with Gasteiger partial charge >= 0.3 is 5.97 Å². The topological polar surface area (TPSA) is 88.4 Å². The number of halogens is 1. The maximum absolute atomic E-state index is 12.2. The van der Waals surface area contributed by atoms with Crippen LogP contribution in [-0.4, -0.2) is 24.1 Å². The van der Waals surface area contributed by atoms with Gasteiger partial charge in [0.15, 0.2) is 0 Å². The first kappa shape index (κ1) is 15.7. The average molecular weight is 373 g/mol. The molecule has 0 bridgehead atoms. The molecule has 21 heavy (non-hydrogen) atoms. The lowest BCUT2D eigenvalue weighted by molar-refractivity contribution is 0.0696. The summed E-state index contributed by atoms with van der Waals surface area (Å²) in [6.07, 6.45) is 3.63. The molecule has 8 heteroatoms. The van der Waals surface area contributed by atoms with Crippen LogP contribution >= 0.6 is 15.9 Å². The molecular weight excluding hydrogens is 360 g/mol. The van der Waals surface area contributed by atoms with Gasteiger partial charge in [-0.15, -0.1) is 0 Å². The van der Waals surface area contributed by atoms with Crippen molar-refractivity contribution in [1.82, 2.24) is 9.29 Å². The molecule has 0 fully saturated rings. The number of carboxylic acid groups (broad SMARTS) is 1. The summed E-state index contributed by atoms with van der Waals surface area (Å²) in [5.41, 5.74) is 0.850. The van der Waals surface area contributed by atoms with Gasteiger partial charge in [0, 0.05) is 30.5 Å². The van der Waals surface area contributed by atoms with Crippen LogP contribution in [0.5, 0.6) is 0 Å². The van der Waals surface area contributed by atoms with Gasteiger partial charge in [0.1, 0.15) is 0 Å². The number of hydrogen-bond acceptors (Lipinski definition) is 3. The van der Waals surface area contributed by atoms with Crippen molar-refractivity contribution in [3.05, 3.63) is 52.3 Å². The first-order valence-corrected chi connectivity index (χ1v) is 8.20. The zero-order valence-electron chi connectivity index (χ0n) is 11.1. The Morgan fingerprint density at radius 2 is 2.10 bits per heavy atom. The van der Waals surface area contributed by atoms with Crippen LogP contribution in [0, 0.1) is 0 Å². The van der Waals surface area contributed by atoms with Crippen molar-refractivity contribution in [2.45, 2.75) is 11.4 Å². The largest absolute Gasteiger partial charge is 0.478 e. The Morgan fingerprint density at radius 1 is 1.38 bits per heavy atom. The Hall–Kier alpha value is -1.64. The summed E-state index contributed by atoms with van der Waals surface area (Å²) in [6.45, 7) is 0.163. The molecule has 2 aromatic rings. The maximum atomic E-state index is 12.2. The fraction of sp³-hybridized carbons (Fsp3) is 0.154. The fourth-order valence-corrected chi connectivity index (χ4v) is 3.87. The van der Waals surface area contributed by atoms with Gasteiger partial charge in [-0.25, -0.2) is 17.9 Å². The molecule has 0 saturated carbocycles. The van der Waals surface area contributed by atoms with Crippen LogP contribution in [0.1, 0.15) is 15.9 Å². The third-order valence-electron chi connectivity index (χ3n) is 2.83. The number of rotatable bonds is 5. The van der Waals surface area contributed by atoms with E-state index in [1.54, 1.807) is 0 Å². The highest BCUT2D eigenvalue weighted by atomic mass is 79.9. The minimum Gasteiger partial charge on any atom is -0.478 e. The molecule has 0 saturated heterocycles. The molecule has 6 nitrogen and oxygen atoms in total. The standard InChI is InChI=1S/C13H13BrN2O4S/c1-16-5-4-9(8-16)7-15-21(19,20)12-3-2-10(13(17)18)6-11(12)14/h2-6,8,15H,7H2,1H3,(H,17,18). The molecule has 1 heterocycles. The second-order valence-corrected chi connectivity index (χ2v) is 7.05. The summed E-state index contributed by atoms with van der Waals surface area (Å²) in [6, 6.07) is 5.59. The van der Waals surface area contributed by atoms with E-state index in [0.29, 0.717) is 0 Å². The molecular formula is C13H13BrN2O4S. The average Bonchev–Trinajstić information content (AvgIpc) is 2.82. The molecule has 0 aliphatic carbocycles. The van der Waals surface area contributed by atoms with Gasteiger partial charge in [0.25, 0.3) is 0 Å². The number of carboxylic acids is 1. The van der Waals surface area contributed by atoms with Crippen molar-refractivity contribution in [1.29, 1.82) is 0 Å². The molecule has 1 aromatic carbocycles. The van der Waals surface area contributed by atoms with Crippen LogP contribution in [-0.2, 0) is 23.6 Å². The number of carbonyl (C=O) groups is 1. The molecule has 0 radical (unpaired) electrons. The number of aromatic nitrogens is 1. The first-order valence-electron chi connectivity index (χ1n) is 5.93. The zero-order chi connectivity index (χ0) is 15.6. The van der Waals surface area contributed by atoms with Crippen LogP contribution in [0.4, 0.5) is 0 Å². The van der Waals surface area contributed by atoms with Crippen molar-refractivity contribution >= 4 is 31.9 Å². The normalized spacial score (nSPS) is 11.5. The quantitative estimate of drug-likeness (QED) is 0.839. The highest BCUT2D eigenvalue weighted by molar-refractivity contribution is 9.10. The van der Waals surface area contributed by atoms with E-state index in [1.165, 1.54) is 18.2 Å². The van der Waals surface area contributed by atoms with E-state index in [9.17, 15) is 13.2 Å². The van der Waals surface area contributed by atoms with Gasteiger partial charge in [-0.1, -0.05) is 0 Å². The lowest BCUT2D eigenvalue weighted by atomic mass is 10.2. The molecule has 0 amide bonds. The fourth-order valence-electron chi connectivity index (χ4n) is 1.77. The second kappa shape index (κ2) is 6.00. The van der Waals surface area contributed by atoms with Gasteiger partial charge in [0.2, 0.25) is 10.0 Å². The van der Waals surface area contributed by atoms with Crippen LogP contribution < -0.4 is 4.72 Å². The number of nitrogens with zero attached hydrogens (tertiary/aromatic N) is 1. The van der Waals surface area contributed by atoms with Gasteiger partial charge in [-0.3, -0.25) is 0 Å². The van der Waals surface area contributed by atoms with Crippen LogP contribution in [0.25, 0.3) is 0 Å². The molecule has 0 unspecified atom stereocenters. The molecule has 0 spiro atoms. The van der Waals surface area contributed by atoms with Crippen LogP contribution in [0.15, 0.2) is 46.0 Å². The maximum Gasteiger partial charge on any atom is 0.335 e. The Balaban J connectivity index is 2.21. The van der Waals surface area contributed by atoms with Crippen molar-refractivity contribution < 1.29 is 18.3 Å². The third-order valence-corrected chi connectivity index (χ3v) is 5.21. The molecule has 2 N–H and O–H groups in total. The van der Waals surface area contributed by atoms with E-state index in [4.69, 9.17) is 5.11 Å². The zero-order valence-corrected chi connectivity index (χ0v) is 13.5. The Labute approximate surface area is 130 Å². The van der Waals surface area contributed by atoms with Crippen LogP contribution in [0.2, 0.25) is 0 Å². The van der Waals surface area contributed by atoms with E-state index in [-0.39, 0.29) is 21.5 Å². The van der Waals surface area contributed by atoms with Crippen molar-refractivity contribution in [2.75, 3.05) is 0 Å². The number of aromatic carboxylic acids is 1. The number of aryl methyl sites for hydroxylation is 1. The number of sulfonamides is 1. The molecule has 0 atom stereocenters. The van der Waals surface area contributed by atoms with Gasteiger partial charge in [0.05, 0.1) is 10.5 Å². The Bertz CT molecular complexity index is 783. The smallest absolute Gasteiger partial charge is 0.335 e. The van der Waals surface area contributed by atoms with Gasteiger partial charge in [-0.05, 0) is 45.8 Å². The minimum atomic E-state index is -3.72. The summed E-state index contributed by atoms with van der Waals surface area (Å²) in [4.78, 5) is 10.8. The first-order chi connectivity index (χ1) is 9.79. The Morgan fingerprint density at radius 3 is 2.62 bits per heavy atom.